The zero-order valence-corrected chi connectivity index (χ0v) is 20.5. The predicted octanol–water partition coefficient (Wildman–Crippen LogP) is 4.90. The lowest BCUT2D eigenvalue weighted by Gasteiger charge is -2.24. The van der Waals surface area contributed by atoms with Crippen molar-refractivity contribution in [2.45, 2.75) is 51.8 Å². The first-order valence-electron chi connectivity index (χ1n) is 10.7. The van der Waals surface area contributed by atoms with Crippen LogP contribution < -0.4 is 15.5 Å². The first kappa shape index (κ1) is 24.9. The molecule has 1 unspecified atom stereocenters. The highest BCUT2D eigenvalue weighted by molar-refractivity contribution is 7.70. The molecule has 1 heterocycles. The summed E-state index contributed by atoms with van der Waals surface area (Å²) in [6.45, 7) is 9.93. The first-order chi connectivity index (χ1) is 15.2. The van der Waals surface area contributed by atoms with E-state index in [1.54, 1.807) is 65.3 Å². The lowest BCUT2D eigenvalue weighted by atomic mass is 10.0. The monoisotopic (exact) mass is 478 g/mol. The Morgan fingerprint density at radius 3 is 2.33 bits per heavy atom. The number of hydrogen-bond acceptors (Lipinski definition) is 4. The molecule has 9 heteroatoms. The topological polar surface area (TPSA) is 75.7 Å². The van der Waals surface area contributed by atoms with Crippen LogP contribution in [0.15, 0.2) is 36.4 Å². The quantitative estimate of drug-likeness (QED) is 0.635. The third-order valence-electron chi connectivity index (χ3n) is 5.34. The van der Waals surface area contributed by atoms with Gasteiger partial charge in [-0.2, -0.15) is 0 Å². The highest BCUT2D eigenvalue weighted by Gasteiger charge is 2.41. The Morgan fingerprint density at radius 1 is 1.09 bits per heavy atom. The highest BCUT2D eigenvalue weighted by atomic mass is 31.2. The molecule has 2 aromatic carbocycles. The number of benzene rings is 2. The molecule has 1 fully saturated rings. The van der Waals surface area contributed by atoms with Gasteiger partial charge in [-0.1, -0.05) is 24.3 Å². The van der Waals surface area contributed by atoms with Crippen molar-refractivity contribution >= 4 is 30.1 Å². The van der Waals surface area contributed by atoms with Gasteiger partial charge < -0.3 is 19.5 Å². The molecular weight excluding hydrogens is 449 g/mol. The largest absolute Gasteiger partial charge is 0.444 e. The van der Waals surface area contributed by atoms with Crippen LogP contribution in [0.4, 0.5) is 19.3 Å². The summed E-state index contributed by atoms with van der Waals surface area (Å²) >= 11 is 0. The fraction of sp³-hybridized carbons (Fsp3) is 0.417. The third kappa shape index (κ3) is 5.27. The molecule has 0 aliphatic carbocycles. The van der Waals surface area contributed by atoms with Gasteiger partial charge in [-0.15, -0.1) is 0 Å². The molecule has 178 valence electrons. The SMILES string of the molecule is C[C@H]1CC(NC(=O)OC(C)(C)C)C(=O)N1c1ccc(-c2ccccc2P(C)(C)=O)c(F)c1F. The Labute approximate surface area is 192 Å². The summed E-state index contributed by atoms with van der Waals surface area (Å²) in [4.78, 5) is 26.2. The molecular formula is C24H29F2N2O4P. The van der Waals surface area contributed by atoms with E-state index in [1.165, 1.54) is 12.1 Å². The maximum Gasteiger partial charge on any atom is 0.408 e. The molecule has 2 atom stereocenters. The number of anilines is 1. The van der Waals surface area contributed by atoms with E-state index in [4.69, 9.17) is 4.74 Å². The average molecular weight is 478 g/mol. The number of carbonyl (C=O) groups is 2. The molecule has 3 rings (SSSR count). The Morgan fingerprint density at radius 2 is 1.73 bits per heavy atom. The number of ether oxygens (including phenoxy) is 1. The fourth-order valence-electron chi connectivity index (χ4n) is 3.96. The first-order valence-corrected chi connectivity index (χ1v) is 13.3. The second kappa shape index (κ2) is 8.90. The van der Waals surface area contributed by atoms with Crippen molar-refractivity contribution in [3.05, 3.63) is 48.0 Å². The molecule has 0 spiro atoms. The van der Waals surface area contributed by atoms with Gasteiger partial charge in [0.1, 0.15) is 18.8 Å². The smallest absolute Gasteiger partial charge is 0.408 e. The van der Waals surface area contributed by atoms with E-state index in [0.29, 0.717) is 10.9 Å². The van der Waals surface area contributed by atoms with Crippen LogP contribution in [0.2, 0.25) is 0 Å². The van der Waals surface area contributed by atoms with Gasteiger partial charge in [-0.05, 0) is 65.1 Å². The lowest BCUT2D eigenvalue weighted by Crippen LogP contribution is -2.44. The minimum atomic E-state index is -2.75. The number of hydrogen-bond donors (Lipinski definition) is 1. The summed E-state index contributed by atoms with van der Waals surface area (Å²) in [7, 11) is -2.75. The maximum atomic E-state index is 15.2. The Hall–Kier alpha value is -2.73. The van der Waals surface area contributed by atoms with E-state index in [-0.39, 0.29) is 17.7 Å². The maximum absolute atomic E-state index is 15.2. The zero-order valence-electron chi connectivity index (χ0n) is 19.6. The number of rotatable bonds is 4. The van der Waals surface area contributed by atoms with Crippen LogP contribution in [0.3, 0.4) is 0 Å². The lowest BCUT2D eigenvalue weighted by molar-refractivity contribution is -0.119. The van der Waals surface area contributed by atoms with E-state index < -0.39 is 48.5 Å². The standard InChI is InChI=1S/C24H29F2N2O4P/c1-14-13-17(27-23(30)32-24(2,3)4)22(29)28(14)18-12-11-16(20(25)21(18)26)15-9-7-8-10-19(15)33(5,6)31/h7-12,14,17H,13H2,1-6H3,(H,27,30)/t14-,17?/m0/s1. The normalized spacial score (nSPS) is 19.0. The second-order valence-electron chi connectivity index (χ2n) is 9.62. The third-order valence-corrected chi connectivity index (χ3v) is 6.89. The average Bonchev–Trinajstić information content (AvgIpc) is 2.95. The van der Waals surface area contributed by atoms with E-state index in [0.717, 1.165) is 4.90 Å². The summed E-state index contributed by atoms with van der Waals surface area (Å²) in [6, 6.07) is 7.93. The zero-order chi connectivity index (χ0) is 24.7. The number of nitrogens with one attached hydrogen (secondary N) is 1. The summed E-state index contributed by atoms with van der Waals surface area (Å²) in [5.74, 6) is -2.86. The van der Waals surface area contributed by atoms with Crippen molar-refractivity contribution < 1.29 is 27.7 Å². The molecule has 6 nitrogen and oxygen atoms in total. The molecule has 1 aliphatic rings. The van der Waals surface area contributed by atoms with E-state index in [1.807, 2.05) is 0 Å². The fourth-order valence-corrected chi connectivity index (χ4v) is 5.18. The van der Waals surface area contributed by atoms with Crippen LogP contribution >= 0.6 is 7.14 Å². The number of halogens is 2. The molecule has 2 aromatic rings. The minimum absolute atomic E-state index is 0.0292. The number of nitrogens with zero attached hydrogens (tertiary/aromatic N) is 1. The molecule has 33 heavy (non-hydrogen) atoms. The van der Waals surface area contributed by atoms with Gasteiger partial charge in [0.15, 0.2) is 11.6 Å². The van der Waals surface area contributed by atoms with Crippen LogP contribution in [-0.2, 0) is 14.1 Å². The minimum Gasteiger partial charge on any atom is -0.444 e. The van der Waals surface area contributed by atoms with Gasteiger partial charge >= 0.3 is 6.09 Å². The Bertz CT molecular complexity index is 1140. The molecule has 0 saturated carbocycles. The van der Waals surface area contributed by atoms with E-state index >= 15 is 8.78 Å². The van der Waals surface area contributed by atoms with Gasteiger partial charge in [0.25, 0.3) is 0 Å². The molecule has 1 N–H and O–H groups in total. The summed E-state index contributed by atoms with van der Waals surface area (Å²) < 4.78 is 48.3. The summed E-state index contributed by atoms with van der Waals surface area (Å²) in [5, 5.41) is 2.96. The van der Waals surface area contributed by atoms with Gasteiger partial charge in [0, 0.05) is 16.9 Å². The molecule has 1 aliphatic heterocycles. The van der Waals surface area contributed by atoms with Crippen molar-refractivity contribution in [3.8, 4) is 11.1 Å². The van der Waals surface area contributed by atoms with Crippen molar-refractivity contribution in [3.63, 3.8) is 0 Å². The molecule has 1 saturated heterocycles. The summed E-state index contributed by atoms with van der Waals surface area (Å²) in [6.07, 6.45) is -0.532. The van der Waals surface area contributed by atoms with Gasteiger partial charge in [-0.25, -0.2) is 13.6 Å². The Kier molecular flexibility index (Phi) is 6.72. The Balaban J connectivity index is 1.93. The molecule has 2 amide bonds. The van der Waals surface area contributed by atoms with Crippen molar-refractivity contribution in [1.29, 1.82) is 0 Å². The molecule has 0 bridgehead atoms. The highest BCUT2D eigenvalue weighted by Crippen LogP contribution is 2.41. The predicted molar refractivity (Wildman–Crippen MR) is 126 cm³/mol. The van der Waals surface area contributed by atoms with Crippen LogP contribution in [0, 0.1) is 11.6 Å². The van der Waals surface area contributed by atoms with Crippen LogP contribution in [-0.4, -0.2) is 43.0 Å². The molecule has 0 radical (unpaired) electrons. The van der Waals surface area contributed by atoms with Crippen LogP contribution in [0.25, 0.3) is 11.1 Å². The van der Waals surface area contributed by atoms with Crippen molar-refractivity contribution in [2.75, 3.05) is 18.2 Å². The number of amides is 2. The van der Waals surface area contributed by atoms with Gasteiger partial charge in [0.2, 0.25) is 5.91 Å². The van der Waals surface area contributed by atoms with Crippen molar-refractivity contribution in [1.82, 2.24) is 5.32 Å². The van der Waals surface area contributed by atoms with E-state index in [9.17, 15) is 14.2 Å². The van der Waals surface area contributed by atoms with Gasteiger partial charge in [0.05, 0.1) is 5.69 Å². The van der Waals surface area contributed by atoms with E-state index in [2.05, 4.69) is 5.32 Å². The van der Waals surface area contributed by atoms with Crippen molar-refractivity contribution in [2.24, 2.45) is 0 Å². The summed E-state index contributed by atoms with van der Waals surface area (Å²) in [5.41, 5.74) is -0.632. The van der Waals surface area contributed by atoms with Gasteiger partial charge in [-0.3, -0.25) is 4.79 Å². The second-order valence-corrected chi connectivity index (χ2v) is 12.8. The number of alkyl carbamates (subject to hydrolysis) is 1. The van der Waals surface area contributed by atoms with Crippen LogP contribution in [0.1, 0.15) is 34.1 Å². The van der Waals surface area contributed by atoms with Crippen LogP contribution in [0.5, 0.6) is 0 Å². The number of carbonyl (C=O) groups excluding carboxylic acids is 2. The molecule has 0 aromatic heterocycles.